The summed E-state index contributed by atoms with van der Waals surface area (Å²) in [6, 6.07) is 7.78. The summed E-state index contributed by atoms with van der Waals surface area (Å²) in [5.41, 5.74) is 1.39. The fourth-order valence-electron chi connectivity index (χ4n) is 11.2. The van der Waals surface area contributed by atoms with E-state index in [1.54, 1.807) is 0 Å². The Morgan fingerprint density at radius 3 is 2.32 bits per heavy atom. The van der Waals surface area contributed by atoms with E-state index in [2.05, 4.69) is 53.4 Å². The Bertz CT molecular complexity index is 1380. The van der Waals surface area contributed by atoms with Gasteiger partial charge in [0.05, 0.1) is 18.7 Å². The van der Waals surface area contributed by atoms with Gasteiger partial charge in [-0.1, -0.05) is 73.4 Å². The lowest BCUT2D eigenvalue weighted by atomic mass is 9.44. The molecule has 0 aromatic heterocycles. The van der Waals surface area contributed by atoms with Crippen LogP contribution >= 0.6 is 0 Å². The maximum Gasteiger partial charge on any atom is 0.410 e. The summed E-state index contributed by atoms with van der Waals surface area (Å²) in [4.78, 5) is 44.5. The molecule has 0 bridgehead atoms. The molecule has 6 rings (SSSR count). The topological polar surface area (TPSA) is 76.2 Å². The molecule has 7 heteroatoms. The van der Waals surface area contributed by atoms with Crippen LogP contribution in [0.15, 0.2) is 24.3 Å². The van der Waals surface area contributed by atoms with Crippen molar-refractivity contribution in [1.82, 2.24) is 9.80 Å². The van der Waals surface area contributed by atoms with Gasteiger partial charge >= 0.3 is 12.1 Å². The van der Waals surface area contributed by atoms with Gasteiger partial charge in [0.25, 0.3) is 0 Å². The molecule has 8 atom stereocenters. The van der Waals surface area contributed by atoms with Gasteiger partial charge in [-0.25, -0.2) is 9.59 Å². The number of carbonyl (C=O) groups excluding carboxylic acids is 3. The van der Waals surface area contributed by atoms with Gasteiger partial charge in [0.2, 0.25) is 0 Å². The van der Waals surface area contributed by atoms with Crippen LogP contribution in [0.3, 0.4) is 0 Å². The lowest BCUT2D eigenvalue weighted by molar-refractivity contribution is -0.149. The summed E-state index contributed by atoms with van der Waals surface area (Å²) in [7, 11) is 0. The van der Waals surface area contributed by atoms with Crippen molar-refractivity contribution in [3.63, 3.8) is 0 Å². The van der Waals surface area contributed by atoms with Crippen molar-refractivity contribution < 1.29 is 23.9 Å². The van der Waals surface area contributed by atoms with Crippen LogP contribution in [0.2, 0.25) is 0 Å². The highest BCUT2D eigenvalue weighted by molar-refractivity contribution is 5.89. The quantitative estimate of drug-likeness (QED) is 0.204. The van der Waals surface area contributed by atoms with E-state index in [1.165, 1.54) is 12.0 Å². The van der Waals surface area contributed by atoms with E-state index in [1.807, 2.05) is 29.2 Å². The molecule has 0 radical (unpaired) electrons. The Hall–Kier alpha value is -2.41. The second-order valence-electron chi connectivity index (χ2n) is 18.6. The fourth-order valence-corrected chi connectivity index (χ4v) is 11.2. The predicted octanol–water partition coefficient (Wildman–Crippen LogP) is 9.21. The summed E-state index contributed by atoms with van der Waals surface area (Å²) in [6.07, 6.45) is 13.0. The van der Waals surface area contributed by atoms with Crippen molar-refractivity contribution in [2.75, 3.05) is 32.7 Å². The van der Waals surface area contributed by atoms with Gasteiger partial charge in [0, 0.05) is 18.4 Å². The first kappa shape index (κ1) is 37.4. The first-order valence-corrected chi connectivity index (χ1v) is 20.3. The van der Waals surface area contributed by atoms with Crippen LogP contribution in [-0.2, 0) is 19.7 Å². The van der Waals surface area contributed by atoms with E-state index in [0.29, 0.717) is 54.7 Å². The fraction of sp³-hybridized carbons (Fsp3) is 0.791. The van der Waals surface area contributed by atoms with Crippen LogP contribution in [0.25, 0.3) is 0 Å². The minimum Gasteiger partial charge on any atom is -0.456 e. The average molecular weight is 691 g/mol. The van der Waals surface area contributed by atoms with Gasteiger partial charge in [0.15, 0.2) is 0 Å². The van der Waals surface area contributed by atoms with Gasteiger partial charge in [-0.15, -0.1) is 0 Å². The van der Waals surface area contributed by atoms with E-state index >= 15 is 0 Å². The van der Waals surface area contributed by atoms with Gasteiger partial charge in [-0.3, -0.25) is 9.69 Å². The Kier molecular flexibility index (Phi) is 10.9. The van der Waals surface area contributed by atoms with Gasteiger partial charge < -0.3 is 14.4 Å². The van der Waals surface area contributed by atoms with E-state index in [0.717, 1.165) is 90.1 Å². The second-order valence-corrected chi connectivity index (χ2v) is 18.6. The average Bonchev–Trinajstić information content (AvgIpc) is 3.55. The number of rotatable bonds is 12. The van der Waals surface area contributed by atoms with Crippen molar-refractivity contribution in [1.29, 1.82) is 0 Å². The van der Waals surface area contributed by atoms with Gasteiger partial charge in [-0.2, -0.15) is 0 Å². The van der Waals surface area contributed by atoms with Crippen LogP contribution in [0.1, 0.15) is 148 Å². The maximum absolute atomic E-state index is 13.7. The normalized spacial score (nSPS) is 34.4. The lowest BCUT2D eigenvalue weighted by Crippen LogP contribution is -2.56. The number of carbonyl (C=O) groups is 3. The molecule has 50 heavy (non-hydrogen) atoms. The Labute approximate surface area is 302 Å². The molecule has 1 saturated heterocycles. The number of nitrogens with zero attached hydrogens (tertiary/aromatic N) is 2. The number of benzene rings is 1. The molecule has 1 aromatic rings. The molecular formula is C43H66N2O5. The van der Waals surface area contributed by atoms with Crippen LogP contribution in [-0.4, -0.2) is 72.1 Å². The van der Waals surface area contributed by atoms with Crippen molar-refractivity contribution in [2.45, 2.75) is 149 Å². The Morgan fingerprint density at radius 1 is 0.960 bits per heavy atom. The second kappa shape index (κ2) is 14.5. The molecule has 1 amide bonds. The summed E-state index contributed by atoms with van der Waals surface area (Å²) in [6.45, 7) is 19.1. The summed E-state index contributed by atoms with van der Waals surface area (Å²) in [5.74, 6) is 2.56. The highest BCUT2D eigenvalue weighted by Crippen LogP contribution is 2.66. The molecule has 0 N–H and O–H groups in total. The standard InChI is InChI=1S/C43H66N2O5/c1-8-10-24-44(25-11-9-2)27-33(49-38(47)30-12-14-31(15-13-30)40(3,4)5)28-45-29-43(50-39(45)48)23-22-41(6)32(26-43)16-17-34-35-18-19-37(46)42(35,7)21-20-36(34)41/h12-15,32-36H,8-11,16-29H2,1-7H3/t32-,33?,34-,35-,36-,41-,42-,43+/m0/s1. The molecule has 7 nitrogen and oxygen atoms in total. The number of fused-ring (bicyclic) bond motifs is 5. The maximum atomic E-state index is 13.7. The number of ketones is 1. The summed E-state index contributed by atoms with van der Waals surface area (Å²) >= 11 is 0. The molecular weight excluding hydrogens is 624 g/mol. The zero-order valence-corrected chi connectivity index (χ0v) is 32.4. The lowest BCUT2D eigenvalue weighted by Gasteiger charge is -2.61. The van der Waals surface area contributed by atoms with Crippen LogP contribution in [0.4, 0.5) is 4.79 Å². The third-order valence-corrected chi connectivity index (χ3v) is 14.4. The number of hydrogen-bond acceptors (Lipinski definition) is 6. The molecule has 5 fully saturated rings. The molecule has 278 valence electrons. The molecule has 1 unspecified atom stereocenters. The van der Waals surface area contributed by atoms with Crippen LogP contribution in [0, 0.1) is 34.5 Å². The highest BCUT2D eigenvalue weighted by atomic mass is 16.6. The number of Topliss-reactive ketones (excluding diaryl/α,β-unsaturated/α-hetero) is 1. The molecule has 1 aliphatic heterocycles. The number of ether oxygens (including phenoxy) is 2. The van der Waals surface area contributed by atoms with E-state index in [-0.39, 0.29) is 28.3 Å². The number of hydrogen-bond donors (Lipinski definition) is 0. The van der Waals surface area contributed by atoms with Crippen LogP contribution in [0.5, 0.6) is 0 Å². The third kappa shape index (κ3) is 7.28. The third-order valence-electron chi connectivity index (χ3n) is 14.4. The molecule has 1 aromatic carbocycles. The zero-order chi connectivity index (χ0) is 35.9. The largest absolute Gasteiger partial charge is 0.456 e. The molecule has 1 heterocycles. The number of esters is 1. The SMILES string of the molecule is CCCCN(CCCC)CC(CN1C[C@]2(CC[C@@]3(C)[C@@H](CC[C@@H]4[C@@H]3CC[C@]3(C)C(=O)CC[C@@H]43)C2)OC1=O)OC(=O)c1ccc(C(C)(C)C)cc1. The molecule has 5 aliphatic rings. The first-order chi connectivity index (χ1) is 23.7. The first-order valence-electron chi connectivity index (χ1n) is 20.3. The van der Waals surface area contributed by atoms with Crippen LogP contribution < -0.4 is 0 Å². The van der Waals surface area contributed by atoms with E-state index in [9.17, 15) is 14.4 Å². The minimum atomic E-state index is -0.470. The van der Waals surface area contributed by atoms with Crippen molar-refractivity contribution in [2.24, 2.45) is 34.5 Å². The minimum absolute atomic E-state index is 0.000197. The Morgan fingerprint density at radius 2 is 1.66 bits per heavy atom. The molecule has 4 aliphatic carbocycles. The van der Waals surface area contributed by atoms with Crippen molar-refractivity contribution in [3.05, 3.63) is 35.4 Å². The molecule has 4 saturated carbocycles. The van der Waals surface area contributed by atoms with Gasteiger partial charge in [0.1, 0.15) is 17.5 Å². The number of amides is 1. The summed E-state index contributed by atoms with van der Waals surface area (Å²) in [5, 5.41) is 0. The smallest absolute Gasteiger partial charge is 0.410 e. The van der Waals surface area contributed by atoms with Gasteiger partial charge in [-0.05, 0) is 129 Å². The van der Waals surface area contributed by atoms with E-state index in [4.69, 9.17) is 9.47 Å². The van der Waals surface area contributed by atoms with E-state index < -0.39 is 11.7 Å². The zero-order valence-electron chi connectivity index (χ0n) is 32.4. The predicted molar refractivity (Wildman–Crippen MR) is 198 cm³/mol. The number of unbranched alkanes of at least 4 members (excludes halogenated alkanes) is 2. The highest BCUT2D eigenvalue weighted by Gasteiger charge is 2.63. The summed E-state index contributed by atoms with van der Waals surface area (Å²) < 4.78 is 12.7. The Balaban J connectivity index is 1.15. The molecule has 1 spiro atoms. The van der Waals surface area contributed by atoms with Crippen molar-refractivity contribution >= 4 is 17.8 Å². The monoisotopic (exact) mass is 690 g/mol. The van der Waals surface area contributed by atoms with Crippen molar-refractivity contribution in [3.8, 4) is 0 Å².